The lowest BCUT2D eigenvalue weighted by atomic mass is 9.94. The van der Waals surface area contributed by atoms with Crippen molar-refractivity contribution in [1.29, 1.82) is 0 Å². The van der Waals surface area contributed by atoms with Crippen LogP contribution in [0.25, 0.3) is 5.76 Å². The van der Waals surface area contributed by atoms with Crippen molar-refractivity contribution in [2.75, 3.05) is 20.8 Å². The zero-order valence-corrected chi connectivity index (χ0v) is 19.5. The molecule has 0 radical (unpaired) electrons. The number of ether oxygens (including phenoxy) is 2. The van der Waals surface area contributed by atoms with E-state index < -0.39 is 17.7 Å². The smallest absolute Gasteiger partial charge is 0.295 e. The van der Waals surface area contributed by atoms with E-state index in [9.17, 15) is 14.7 Å². The fraction of sp³-hybridized carbons (Fsp3) is 0.240. The monoisotopic (exact) mass is 481 g/mol. The van der Waals surface area contributed by atoms with Gasteiger partial charge in [-0.2, -0.15) is 0 Å². The normalized spacial score (nSPS) is 17.3. The molecule has 4 rings (SSSR count). The Morgan fingerprint density at radius 3 is 2.50 bits per heavy atom. The highest BCUT2D eigenvalue weighted by molar-refractivity contribution is 6.46. The Balaban J connectivity index is 1.81. The van der Waals surface area contributed by atoms with Gasteiger partial charge in [0.2, 0.25) is 0 Å². The minimum absolute atomic E-state index is 0.0125. The number of amides is 1. The molecule has 8 nitrogen and oxygen atoms in total. The van der Waals surface area contributed by atoms with E-state index in [1.807, 2.05) is 10.8 Å². The highest BCUT2D eigenvalue weighted by Gasteiger charge is 2.47. The average Bonchev–Trinajstić information content (AvgIpc) is 3.46. The number of aliphatic hydroxyl groups is 1. The van der Waals surface area contributed by atoms with Gasteiger partial charge in [-0.15, -0.1) is 0 Å². The van der Waals surface area contributed by atoms with Crippen LogP contribution in [0, 0.1) is 0 Å². The number of hydrogen-bond acceptors (Lipinski definition) is 6. The van der Waals surface area contributed by atoms with Crippen molar-refractivity contribution in [3.63, 3.8) is 0 Å². The molecule has 2 heterocycles. The van der Waals surface area contributed by atoms with E-state index in [1.54, 1.807) is 55.0 Å². The predicted octanol–water partition coefficient (Wildman–Crippen LogP) is 4.07. The Labute approximate surface area is 202 Å². The molecule has 0 unspecified atom stereocenters. The molecular weight excluding hydrogens is 458 g/mol. The summed E-state index contributed by atoms with van der Waals surface area (Å²) in [5, 5.41) is 11.7. The molecule has 9 heteroatoms. The van der Waals surface area contributed by atoms with Crippen LogP contribution in [0.2, 0.25) is 5.02 Å². The molecule has 2 aromatic carbocycles. The minimum atomic E-state index is -0.858. The van der Waals surface area contributed by atoms with Crippen LogP contribution in [0.5, 0.6) is 11.5 Å². The molecule has 1 saturated heterocycles. The van der Waals surface area contributed by atoms with Gasteiger partial charge >= 0.3 is 0 Å². The molecule has 1 atom stereocenters. The molecule has 1 aliphatic rings. The van der Waals surface area contributed by atoms with Gasteiger partial charge < -0.3 is 24.0 Å². The SMILES string of the molecule is COc1ccc(OC)c([C@@H]2/C(=C(\O)c3ccc(Cl)cc3)C(=O)C(=O)N2CCCn2ccnc2)c1. The van der Waals surface area contributed by atoms with Gasteiger partial charge in [0.05, 0.1) is 32.2 Å². The van der Waals surface area contributed by atoms with Crippen LogP contribution < -0.4 is 9.47 Å². The number of benzene rings is 2. The van der Waals surface area contributed by atoms with Gasteiger partial charge in [-0.3, -0.25) is 9.59 Å². The number of hydrogen-bond donors (Lipinski definition) is 1. The summed E-state index contributed by atoms with van der Waals surface area (Å²) in [7, 11) is 3.04. The number of carbonyl (C=O) groups is 2. The third-order valence-electron chi connectivity index (χ3n) is 5.76. The number of aromatic nitrogens is 2. The fourth-order valence-electron chi connectivity index (χ4n) is 4.09. The summed E-state index contributed by atoms with van der Waals surface area (Å²) in [6, 6.07) is 10.7. The summed E-state index contributed by atoms with van der Waals surface area (Å²) < 4.78 is 12.8. The summed E-state index contributed by atoms with van der Waals surface area (Å²) in [6.45, 7) is 0.896. The van der Waals surface area contributed by atoms with Crippen molar-refractivity contribution in [3.8, 4) is 11.5 Å². The van der Waals surface area contributed by atoms with Gasteiger partial charge in [-0.1, -0.05) is 11.6 Å². The van der Waals surface area contributed by atoms with Crippen molar-refractivity contribution in [1.82, 2.24) is 14.5 Å². The van der Waals surface area contributed by atoms with E-state index >= 15 is 0 Å². The molecule has 34 heavy (non-hydrogen) atoms. The summed E-state index contributed by atoms with van der Waals surface area (Å²) >= 11 is 5.98. The van der Waals surface area contributed by atoms with Crippen molar-refractivity contribution in [3.05, 3.63) is 82.9 Å². The van der Waals surface area contributed by atoms with Gasteiger partial charge in [-0.05, 0) is 48.9 Å². The predicted molar refractivity (Wildman–Crippen MR) is 127 cm³/mol. The first kappa shape index (κ1) is 23.4. The molecular formula is C25H24ClN3O5. The van der Waals surface area contributed by atoms with Crippen molar-refractivity contribution in [2.24, 2.45) is 0 Å². The van der Waals surface area contributed by atoms with Gasteiger partial charge in [0.15, 0.2) is 0 Å². The van der Waals surface area contributed by atoms with Crippen LogP contribution in [-0.2, 0) is 16.1 Å². The second-order valence-electron chi connectivity index (χ2n) is 7.76. The van der Waals surface area contributed by atoms with Crippen LogP contribution in [0.1, 0.15) is 23.6 Å². The number of Topliss-reactive ketones (excluding diaryl/α,β-unsaturated/α-hetero) is 1. The topological polar surface area (TPSA) is 93.9 Å². The molecule has 1 N–H and O–H groups in total. The van der Waals surface area contributed by atoms with E-state index in [0.29, 0.717) is 40.6 Å². The third-order valence-corrected chi connectivity index (χ3v) is 6.02. The van der Waals surface area contributed by atoms with Crippen LogP contribution in [-0.4, -0.2) is 52.0 Å². The maximum atomic E-state index is 13.2. The maximum absolute atomic E-state index is 13.2. The second kappa shape index (κ2) is 10.0. The standard InChI is InChI=1S/C25H24ClN3O5/c1-33-18-8-9-20(34-2)19(14-18)22-21(23(30)16-4-6-17(26)7-5-16)24(31)25(32)29(22)12-3-11-28-13-10-27-15-28/h4-10,13-15,22,30H,3,11-12H2,1-2H3/b23-21+/t22-/m1/s1. The average molecular weight is 482 g/mol. The van der Waals surface area contributed by atoms with Crippen LogP contribution in [0.3, 0.4) is 0 Å². The number of halogens is 1. The lowest BCUT2D eigenvalue weighted by Gasteiger charge is -2.27. The molecule has 0 spiro atoms. The summed E-state index contributed by atoms with van der Waals surface area (Å²) in [5.41, 5.74) is 0.911. The first-order chi connectivity index (χ1) is 16.4. The zero-order valence-electron chi connectivity index (χ0n) is 18.8. The van der Waals surface area contributed by atoms with Crippen molar-refractivity contribution in [2.45, 2.75) is 19.0 Å². The largest absolute Gasteiger partial charge is 0.507 e. The number of ketones is 1. The minimum Gasteiger partial charge on any atom is -0.507 e. The molecule has 0 bridgehead atoms. The molecule has 0 aliphatic carbocycles. The molecule has 176 valence electrons. The summed E-state index contributed by atoms with van der Waals surface area (Å²) in [5.74, 6) is -0.719. The van der Waals surface area contributed by atoms with Crippen molar-refractivity contribution >= 4 is 29.1 Å². The fourth-order valence-corrected chi connectivity index (χ4v) is 4.22. The zero-order chi connectivity index (χ0) is 24.2. The number of nitrogens with zero attached hydrogens (tertiary/aromatic N) is 3. The van der Waals surface area contributed by atoms with Gasteiger partial charge in [-0.25, -0.2) is 4.98 Å². The highest BCUT2D eigenvalue weighted by Crippen LogP contribution is 2.44. The number of likely N-dealkylation sites (tertiary alicyclic amines) is 1. The van der Waals surface area contributed by atoms with E-state index in [1.165, 1.54) is 19.1 Å². The Bertz CT molecular complexity index is 1220. The van der Waals surface area contributed by atoms with Crippen LogP contribution in [0.15, 0.2) is 66.8 Å². The lowest BCUT2D eigenvalue weighted by molar-refractivity contribution is -0.140. The van der Waals surface area contributed by atoms with Gasteiger partial charge in [0.1, 0.15) is 17.3 Å². The van der Waals surface area contributed by atoms with Crippen molar-refractivity contribution < 1.29 is 24.2 Å². The van der Waals surface area contributed by atoms with Crippen LogP contribution >= 0.6 is 11.6 Å². The second-order valence-corrected chi connectivity index (χ2v) is 8.20. The Kier molecular flexibility index (Phi) is 6.88. The maximum Gasteiger partial charge on any atom is 0.295 e. The van der Waals surface area contributed by atoms with E-state index in [2.05, 4.69) is 4.98 Å². The van der Waals surface area contributed by atoms with E-state index in [-0.39, 0.29) is 17.9 Å². The molecule has 1 aliphatic heterocycles. The van der Waals surface area contributed by atoms with Crippen LogP contribution in [0.4, 0.5) is 0 Å². The third kappa shape index (κ3) is 4.49. The Morgan fingerprint density at radius 2 is 1.85 bits per heavy atom. The quantitative estimate of drug-likeness (QED) is 0.296. The van der Waals surface area contributed by atoms with E-state index in [4.69, 9.17) is 21.1 Å². The van der Waals surface area contributed by atoms with Gasteiger partial charge in [0, 0.05) is 41.6 Å². The molecule has 1 amide bonds. The summed E-state index contributed by atoms with van der Waals surface area (Å²) in [4.78, 5) is 31.9. The number of rotatable bonds is 8. The molecule has 3 aromatic rings. The summed E-state index contributed by atoms with van der Waals surface area (Å²) in [6.07, 6.45) is 5.78. The number of aryl methyl sites for hydroxylation is 1. The molecule has 1 aromatic heterocycles. The Morgan fingerprint density at radius 1 is 1.09 bits per heavy atom. The first-order valence-electron chi connectivity index (χ1n) is 10.7. The number of imidazole rings is 1. The van der Waals surface area contributed by atoms with E-state index in [0.717, 1.165) is 0 Å². The highest BCUT2D eigenvalue weighted by atomic mass is 35.5. The van der Waals surface area contributed by atoms with Gasteiger partial charge in [0.25, 0.3) is 11.7 Å². The first-order valence-corrected chi connectivity index (χ1v) is 11.0. The number of aliphatic hydroxyl groups excluding tert-OH is 1. The number of methoxy groups -OCH3 is 2. The molecule has 1 fully saturated rings. The molecule has 0 saturated carbocycles. The lowest BCUT2D eigenvalue weighted by Crippen LogP contribution is -2.31. The number of carbonyl (C=O) groups excluding carboxylic acids is 2. The Hall–Kier alpha value is -3.78.